The smallest absolute Gasteiger partial charge is 0.322 e. The molecule has 2 amide bonds. The number of nitrogen functional groups attached to an aromatic ring is 2. The summed E-state index contributed by atoms with van der Waals surface area (Å²) in [6, 6.07) is 0.634. The first-order chi connectivity index (χ1) is 17.5. The zero-order chi connectivity index (χ0) is 27.5. The number of nitrogens with two attached hydrogens (primary N) is 3. The summed E-state index contributed by atoms with van der Waals surface area (Å²) in [7, 11) is 0. The monoisotopic (exact) mass is 536 g/mol. The lowest BCUT2D eigenvalue weighted by atomic mass is 10.1. The van der Waals surface area contributed by atoms with Gasteiger partial charge in [-0.3, -0.25) is 19.2 Å². The van der Waals surface area contributed by atoms with Crippen LogP contribution < -0.4 is 27.8 Å². The Morgan fingerprint density at radius 1 is 1.16 bits per heavy atom. The molecule has 2 rings (SSSR count). The normalized spacial score (nSPS) is 18.6. The number of aromatic nitrogens is 1. The molecular formula is C21H28N8O7S. The number of thioether (sulfide) groups is 1. The average Bonchev–Trinajstić information content (AvgIpc) is 2.84. The number of amides is 2. The number of rotatable bonds is 13. The Kier molecular flexibility index (Phi) is 11.0. The molecule has 1 aliphatic carbocycles. The van der Waals surface area contributed by atoms with E-state index in [2.05, 4.69) is 25.8 Å². The molecule has 200 valence electrons. The van der Waals surface area contributed by atoms with E-state index in [1.807, 2.05) is 0 Å². The van der Waals surface area contributed by atoms with E-state index >= 15 is 0 Å². The van der Waals surface area contributed by atoms with Gasteiger partial charge in [0.1, 0.15) is 30.1 Å². The number of carbonyl (C=O) groups excluding carboxylic acids is 2. The van der Waals surface area contributed by atoms with Crippen molar-refractivity contribution in [2.24, 2.45) is 16.0 Å². The molecule has 0 aliphatic heterocycles. The highest BCUT2D eigenvalue weighted by molar-refractivity contribution is 8.00. The zero-order valence-electron chi connectivity index (χ0n) is 19.5. The highest BCUT2D eigenvalue weighted by Gasteiger charge is 2.26. The van der Waals surface area contributed by atoms with Gasteiger partial charge >= 0.3 is 11.9 Å². The van der Waals surface area contributed by atoms with Gasteiger partial charge in [0.05, 0.1) is 17.1 Å². The van der Waals surface area contributed by atoms with E-state index in [4.69, 9.17) is 27.4 Å². The fourth-order valence-corrected chi connectivity index (χ4v) is 4.05. The van der Waals surface area contributed by atoms with E-state index in [0.29, 0.717) is 11.4 Å². The Hall–Kier alpha value is -4.02. The van der Waals surface area contributed by atoms with Crippen LogP contribution in [0.4, 0.5) is 17.3 Å². The predicted molar refractivity (Wildman–Crippen MR) is 134 cm³/mol. The van der Waals surface area contributed by atoms with Crippen LogP contribution in [0.25, 0.3) is 0 Å². The maximum absolute atomic E-state index is 12.5. The lowest BCUT2D eigenvalue weighted by molar-refractivity contribution is -0.139. The lowest BCUT2D eigenvalue weighted by Crippen LogP contribution is -2.50. The Morgan fingerprint density at radius 2 is 1.89 bits per heavy atom. The van der Waals surface area contributed by atoms with E-state index in [-0.39, 0.29) is 30.2 Å². The molecule has 1 aromatic heterocycles. The van der Waals surface area contributed by atoms with Crippen LogP contribution in [0.15, 0.2) is 46.3 Å². The van der Waals surface area contributed by atoms with E-state index in [1.54, 1.807) is 12.1 Å². The second kappa shape index (κ2) is 13.9. The van der Waals surface area contributed by atoms with Gasteiger partial charge in [-0.25, -0.2) is 4.98 Å². The maximum atomic E-state index is 12.5. The van der Waals surface area contributed by atoms with Crippen molar-refractivity contribution >= 4 is 52.8 Å². The Morgan fingerprint density at radius 3 is 2.54 bits per heavy atom. The number of carboxylic acids is 2. The van der Waals surface area contributed by atoms with Crippen LogP contribution in [0.2, 0.25) is 0 Å². The fourth-order valence-electron chi connectivity index (χ4n) is 2.87. The minimum Gasteiger partial charge on any atom is -0.480 e. The van der Waals surface area contributed by atoms with Crippen molar-refractivity contribution in [3.8, 4) is 0 Å². The van der Waals surface area contributed by atoms with Gasteiger partial charge in [-0.1, -0.05) is 6.08 Å². The number of carbonyl (C=O) groups is 4. The second-order valence-corrected chi connectivity index (χ2v) is 9.01. The summed E-state index contributed by atoms with van der Waals surface area (Å²) in [5, 5.41) is 40.2. The number of aliphatic carboxylic acids is 2. The summed E-state index contributed by atoms with van der Waals surface area (Å²) in [4.78, 5) is 50.3. The number of pyridine rings is 1. The molecule has 4 atom stereocenters. The van der Waals surface area contributed by atoms with Crippen LogP contribution in [0, 0.1) is 0 Å². The number of aliphatic hydroxyl groups excluding tert-OH is 1. The van der Waals surface area contributed by atoms with Gasteiger partial charge in [0.25, 0.3) is 0 Å². The average molecular weight is 537 g/mol. The summed E-state index contributed by atoms with van der Waals surface area (Å²) in [5.41, 5.74) is 17.4. The minimum atomic E-state index is -1.28. The number of aliphatic hydroxyl groups is 1. The van der Waals surface area contributed by atoms with Crippen LogP contribution in [-0.4, -0.2) is 79.8 Å². The minimum absolute atomic E-state index is 0.0481. The first kappa shape index (κ1) is 29.2. The van der Waals surface area contributed by atoms with E-state index < -0.39 is 53.7 Å². The highest BCUT2D eigenvalue weighted by atomic mass is 32.2. The van der Waals surface area contributed by atoms with Gasteiger partial charge in [-0.2, -0.15) is 5.11 Å². The van der Waals surface area contributed by atoms with Crippen LogP contribution in [-0.2, 0) is 19.2 Å². The number of hydrogen-bond acceptors (Lipinski definition) is 12. The van der Waals surface area contributed by atoms with Crippen LogP contribution >= 0.6 is 11.8 Å². The Labute approximate surface area is 215 Å². The third kappa shape index (κ3) is 9.86. The number of nitrogens with one attached hydrogen (secondary N) is 2. The van der Waals surface area contributed by atoms with Crippen LogP contribution in [0.5, 0.6) is 0 Å². The molecule has 0 radical (unpaired) electrons. The number of azo groups is 1. The molecule has 11 N–H and O–H groups in total. The van der Waals surface area contributed by atoms with Crippen molar-refractivity contribution in [1.29, 1.82) is 0 Å². The molecule has 1 heterocycles. The molecule has 0 spiro atoms. The van der Waals surface area contributed by atoms with Crippen LogP contribution in [0.1, 0.15) is 12.8 Å². The summed E-state index contributed by atoms with van der Waals surface area (Å²) in [6.45, 7) is -0.665. The highest BCUT2D eigenvalue weighted by Crippen LogP contribution is 2.27. The van der Waals surface area contributed by atoms with Gasteiger partial charge in [-0.05, 0) is 30.7 Å². The van der Waals surface area contributed by atoms with Crippen molar-refractivity contribution in [3.63, 3.8) is 0 Å². The Balaban J connectivity index is 2.07. The molecule has 0 saturated heterocycles. The van der Waals surface area contributed by atoms with Gasteiger partial charge in [0.2, 0.25) is 11.8 Å². The number of allylic oxidation sites excluding steroid dienone is 1. The molecule has 1 aliphatic rings. The van der Waals surface area contributed by atoms with Crippen molar-refractivity contribution < 1.29 is 34.5 Å². The van der Waals surface area contributed by atoms with Crippen molar-refractivity contribution in [2.75, 3.05) is 23.8 Å². The van der Waals surface area contributed by atoms with E-state index in [0.717, 1.165) is 11.8 Å². The standard InChI is InChI=1S/C21H28N8O7S/c22-11(21(35)36)2-6-17(31)26-13(20(34)25-8-18(32)33)9-37-15-7-10(1-4-14(15)30)28-29-12-3-5-16(23)27-19(12)24/h1,3-5,7,11,13-15,30H,2,6,8-9,22H2,(H,25,34)(H,26,31)(H,32,33)(H,35,36)(H4,23,24,27). The van der Waals surface area contributed by atoms with Gasteiger partial charge < -0.3 is 43.2 Å². The number of anilines is 2. The molecule has 1 aromatic rings. The lowest BCUT2D eigenvalue weighted by Gasteiger charge is -2.23. The molecule has 0 fully saturated rings. The molecule has 0 saturated carbocycles. The first-order valence-corrected chi connectivity index (χ1v) is 11.9. The van der Waals surface area contributed by atoms with Gasteiger partial charge in [0, 0.05) is 12.2 Å². The predicted octanol–water partition coefficient (Wildman–Crippen LogP) is -0.876. The number of carboxylic acid groups (broad SMARTS) is 2. The molecule has 37 heavy (non-hydrogen) atoms. The van der Waals surface area contributed by atoms with E-state index in [9.17, 15) is 24.3 Å². The Bertz CT molecular complexity index is 1110. The zero-order valence-corrected chi connectivity index (χ0v) is 20.3. The summed E-state index contributed by atoms with van der Waals surface area (Å²) >= 11 is 1.10. The molecule has 0 bridgehead atoms. The topological polar surface area (TPSA) is 269 Å². The maximum Gasteiger partial charge on any atom is 0.322 e. The molecule has 4 unspecified atom stereocenters. The molecule has 0 aromatic carbocycles. The third-order valence-corrected chi connectivity index (χ3v) is 6.18. The summed E-state index contributed by atoms with van der Waals surface area (Å²) in [5.74, 6) is -3.68. The van der Waals surface area contributed by atoms with Crippen molar-refractivity contribution in [2.45, 2.75) is 36.3 Å². The van der Waals surface area contributed by atoms with Crippen molar-refractivity contribution in [1.82, 2.24) is 15.6 Å². The largest absolute Gasteiger partial charge is 0.480 e. The second-order valence-electron chi connectivity index (χ2n) is 7.79. The molecule has 15 nitrogen and oxygen atoms in total. The fraction of sp³-hybridized carbons (Fsp3) is 0.381. The van der Waals surface area contributed by atoms with E-state index in [1.165, 1.54) is 18.2 Å². The summed E-state index contributed by atoms with van der Waals surface area (Å²) < 4.78 is 0. The van der Waals surface area contributed by atoms with Gasteiger partial charge in [-0.15, -0.1) is 16.9 Å². The molecular weight excluding hydrogens is 508 g/mol. The number of nitrogens with zero attached hydrogens (tertiary/aromatic N) is 3. The molecule has 16 heteroatoms. The third-order valence-electron chi connectivity index (χ3n) is 4.85. The quantitative estimate of drug-likeness (QED) is 0.143. The SMILES string of the molecule is Nc1ccc(N=NC2=CC(SCC(NC(=O)CCC(N)C(=O)O)C(=O)NCC(=O)O)C(O)C=C2)c(N)n1. The summed E-state index contributed by atoms with van der Waals surface area (Å²) in [6.07, 6.45) is 3.25. The first-order valence-electron chi connectivity index (χ1n) is 10.9. The van der Waals surface area contributed by atoms with Gasteiger partial charge in [0.15, 0.2) is 5.82 Å². The van der Waals surface area contributed by atoms with Crippen LogP contribution in [0.3, 0.4) is 0 Å². The number of hydrogen-bond donors (Lipinski definition) is 8. The van der Waals surface area contributed by atoms with Crippen molar-refractivity contribution in [3.05, 3.63) is 36.1 Å².